The summed E-state index contributed by atoms with van der Waals surface area (Å²) in [5, 5.41) is 11.6. The molecule has 0 unspecified atom stereocenters. The maximum Gasteiger partial charge on any atom is 0.200 e. The van der Waals surface area contributed by atoms with E-state index >= 15 is 0 Å². The minimum absolute atomic E-state index is 0.192. The van der Waals surface area contributed by atoms with Crippen LogP contribution in [0, 0.1) is 0 Å². The van der Waals surface area contributed by atoms with E-state index in [0.717, 1.165) is 0 Å². The number of carbonyl (C=O) groups excluding carboxylic acids is 1. The van der Waals surface area contributed by atoms with Crippen LogP contribution in [-0.2, 0) is 0 Å². The smallest absolute Gasteiger partial charge is 0.200 e. The van der Waals surface area contributed by atoms with Crippen molar-refractivity contribution >= 4 is 16.6 Å². The Labute approximate surface area is 121 Å². The molecule has 0 radical (unpaired) electrons. The molecule has 0 fully saturated rings. The van der Waals surface area contributed by atoms with E-state index in [1.54, 1.807) is 54.6 Å². The van der Waals surface area contributed by atoms with Gasteiger partial charge in [-0.1, -0.05) is 60.7 Å². The SMILES string of the molecule is O=C(c1ccccc1)c1c(O)c2ccccc2ccc1=O. The molecule has 0 aromatic heterocycles. The monoisotopic (exact) mass is 276 g/mol. The standard InChI is InChI=1S/C18H12O3/c19-15-11-10-12-6-4-5-9-14(12)18(21)16(15)17(20)13-7-2-1-3-8-13/h1-11,21H. The van der Waals surface area contributed by atoms with Gasteiger partial charge in [0.25, 0.3) is 0 Å². The number of carbonyl (C=O) groups is 1. The molecule has 0 spiro atoms. The van der Waals surface area contributed by atoms with Gasteiger partial charge in [-0.3, -0.25) is 9.59 Å². The second kappa shape index (κ2) is 5.21. The van der Waals surface area contributed by atoms with Crippen molar-refractivity contribution in [3.05, 3.63) is 88.1 Å². The summed E-state index contributed by atoms with van der Waals surface area (Å²) < 4.78 is 0. The average molecular weight is 276 g/mol. The molecule has 3 aromatic carbocycles. The van der Waals surface area contributed by atoms with Gasteiger partial charge in [0.05, 0.1) is 0 Å². The van der Waals surface area contributed by atoms with E-state index in [0.29, 0.717) is 16.3 Å². The summed E-state index contributed by atoms with van der Waals surface area (Å²) in [6.45, 7) is 0. The summed E-state index contributed by atoms with van der Waals surface area (Å²) in [7, 11) is 0. The normalized spacial score (nSPS) is 10.5. The lowest BCUT2D eigenvalue weighted by molar-refractivity contribution is 0.103. The highest BCUT2D eigenvalue weighted by molar-refractivity contribution is 6.12. The third-order valence-electron chi connectivity index (χ3n) is 3.38. The van der Waals surface area contributed by atoms with Crippen molar-refractivity contribution < 1.29 is 9.90 Å². The first-order chi connectivity index (χ1) is 10.2. The van der Waals surface area contributed by atoms with Crippen molar-refractivity contribution in [3.63, 3.8) is 0 Å². The third-order valence-corrected chi connectivity index (χ3v) is 3.38. The molecule has 0 aliphatic rings. The van der Waals surface area contributed by atoms with E-state index in [2.05, 4.69) is 0 Å². The molecular formula is C18H12O3. The minimum atomic E-state index is -0.488. The van der Waals surface area contributed by atoms with E-state index in [9.17, 15) is 14.7 Å². The number of ketones is 1. The maximum atomic E-state index is 12.5. The molecule has 0 bridgehead atoms. The Balaban J connectivity index is 2.33. The van der Waals surface area contributed by atoms with E-state index in [1.807, 2.05) is 6.07 Å². The maximum absolute atomic E-state index is 12.5. The average Bonchev–Trinajstić information content (AvgIpc) is 2.65. The molecule has 0 saturated heterocycles. The first-order valence-electron chi connectivity index (χ1n) is 6.53. The van der Waals surface area contributed by atoms with Gasteiger partial charge in [0.15, 0.2) is 5.43 Å². The van der Waals surface area contributed by atoms with Crippen LogP contribution in [0.3, 0.4) is 0 Å². The summed E-state index contributed by atoms with van der Waals surface area (Å²) in [4.78, 5) is 24.7. The zero-order valence-corrected chi connectivity index (χ0v) is 11.1. The fraction of sp³-hybridized carbons (Fsp3) is 0. The molecule has 3 heteroatoms. The van der Waals surface area contributed by atoms with Crippen molar-refractivity contribution in [2.75, 3.05) is 0 Å². The van der Waals surface area contributed by atoms with Crippen LogP contribution in [0.2, 0.25) is 0 Å². The van der Waals surface area contributed by atoms with Crippen molar-refractivity contribution in [2.24, 2.45) is 0 Å². The largest absolute Gasteiger partial charge is 0.506 e. The van der Waals surface area contributed by atoms with E-state index in [-0.39, 0.29) is 11.3 Å². The van der Waals surface area contributed by atoms with Gasteiger partial charge in [0, 0.05) is 10.9 Å². The topological polar surface area (TPSA) is 54.4 Å². The molecule has 0 aliphatic carbocycles. The lowest BCUT2D eigenvalue weighted by atomic mass is 10.0. The summed E-state index contributed by atoms with van der Waals surface area (Å²) in [5.74, 6) is -0.742. The molecule has 3 aromatic rings. The van der Waals surface area contributed by atoms with E-state index < -0.39 is 11.2 Å². The van der Waals surface area contributed by atoms with Crippen molar-refractivity contribution in [1.29, 1.82) is 0 Å². The highest BCUT2D eigenvalue weighted by Crippen LogP contribution is 2.26. The molecule has 3 rings (SSSR count). The van der Waals surface area contributed by atoms with Crippen LogP contribution in [0.1, 0.15) is 15.9 Å². The van der Waals surface area contributed by atoms with Crippen LogP contribution in [-0.4, -0.2) is 10.9 Å². The van der Waals surface area contributed by atoms with E-state index in [4.69, 9.17) is 0 Å². The highest BCUT2D eigenvalue weighted by atomic mass is 16.3. The molecule has 1 N–H and O–H groups in total. The number of rotatable bonds is 2. The van der Waals surface area contributed by atoms with Crippen molar-refractivity contribution in [1.82, 2.24) is 0 Å². The summed E-state index contributed by atoms with van der Waals surface area (Å²) >= 11 is 0. The Morgan fingerprint density at radius 1 is 0.810 bits per heavy atom. The molecular weight excluding hydrogens is 264 g/mol. The summed E-state index contributed by atoms with van der Waals surface area (Å²) in [6.07, 6.45) is 0. The van der Waals surface area contributed by atoms with Gasteiger partial charge in [-0.2, -0.15) is 0 Å². The predicted molar refractivity (Wildman–Crippen MR) is 81.8 cm³/mol. The van der Waals surface area contributed by atoms with Gasteiger partial charge in [-0.05, 0) is 11.5 Å². The van der Waals surface area contributed by atoms with Crippen LogP contribution < -0.4 is 5.43 Å². The molecule has 0 aliphatic heterocycles. The third kappa shape index (κ3) is 2.30. The second-order valence-corrected chi connectivity index (χ2v) is 4.70. The molecule has 0 atom stereocenters. The number of aromatic hydroxyl groups is 1. The zero-order valence-electron chi connectivity index (χ0n) is 11.1. The van der Waals surface area contributed by atoms with E-state index in [1.165, 1.54) is 6.07 Å². The minimum Gasteiger partial charge on any atom is -0.506 e. The van der Waals surface area contributed by atoms with Gasteiger partial charge >= 0.3 is 0 Å². The molecule has 102 valence electrons. The van der Waals surface area contributed by atoms with Crippen molar-refractivity contribution in [2.45, 2.75) is 0 Å². The van der Waals surface area contributed by atoms with Gasteiger partial charge in [-0.25, -0.2) is 0 Å². The Hall–Kier alpha value is -2.94. The molecule has 3 nitrogen and oxygen atoms in total. The molecule has 21 heavy (non-hydrogen) atoms. The van der Waals surface area contributed by atoms with Crippen LogP contribution in [0.5, 0.6) is 5.75 Å². The summed E-state index contributed by atoms with van der Waals surface area (Å²) in [5.41, 5.74) is -0.305. The first-order valence-corrected chi connectivity index (χ1v) is 6.53. The number of benzene rings is 2. The van der Waals surface area contributed by atoms with Crippen LogP contribution >= 0.6 is 0 Å². The highest BCUT2D eigenvalue weighted by Gasteiger charge is 2.18. The van der Waals surface area contributed by atoms with Gasteiger partial charge < -0.3 is 5.11 Å². The molecule has 0 amide bonds. The predicted octanol–water partition coefficient (Wildman–Crippen LogP) is 3.14. The van der Waals surface area contributed by atoms with Gasteiger partial charge in [0.2, 0.25) is 5.78 Å². The Morgan fingerprint density at radius 3 is 2.24 bits per heavy atom. The quantitative estimate of drug-likeness (QED) is 0.732. The van der Waals surface area contributed by atoms with Gasteiger partial charge in [-0.15, -0.1) is 0 Å². The number of hydrogen-bond donors (Lipinski definition) is 1. The lowest BCUT2D eigenvalue weighted by Crippen LogP contribution is -2.13. The zero-order chi connectivity index (χ0) is 14.8. The van der Waals surface area contributed by atoms with Crippen molar-refractivity contribution in [3.8, 4) is 5.75 Å². The lowest BCUT2D eigenvalue weighted by Gasteiger charge is -2.02. The van der Waals surface area contributed by atoms with Crippen LogP contribution in [0.25, 0.3) is 10.8 Å². The number of hydrogen-bond acceptors (Lipinski definition) is 3. The van der Waals surface area contributed by atoms with Gasteiger partial charge in [0.1, 0.15) is 11.3 Å². The van der Waals surface area contributed by atoms with Crippen LogP contribution in [0.4, 0.5) is 0 Å². The summed E-state index contributed by atoms with van der Waals surface area (Å²) in [6, 6.07) is 18.4. The molecule has 0 saturated carbocycles. The van der Waals surface area contributed by atoms with Crippen LogP contribution in [0.15, 0.2) is 71.5 Å². The Bertz CT molecular complexity index is 883. The first kappa shape index (κ1) is 13.1. The Morgan fingerprint density at radius 2 is 1.48 bits per heavy atom. The second-order valence-electron chi connectivity index (χ2n) is 4.70. The number of fused-ring (bicyclic) bond motifs is 1. The fourth-order valence-electron chi connectivity index (χ4n) is 2.31. The molecule has 0 heterocycles. The Kier molecular flexibility index (Phi) is 3.24. The fourth-order valence-corrected chi connectivity index (χ4v) is 2.31.